The Balaban J connectivity index is 1.99. The second kappa shape index (κ2) is 16.1. The Morgan fingerprint density at radius 3 is 2.32 bits per heavy atom. The van der Waals surface area contributed by atoms with Crippen LogP contribution in [0.3, 0.4) is 0 Å². The molecule has 0 aromatic carbocycles. The predicted molar refractivity (Wildman–Crippen MR) is 163 cm³/mol. The molecule has 6 heteroatoms. The van der Waals surface area contributed by atoms with Crippen LogP contribution in [0.4, 0.5) is 0 Å². The van der Waals surface area contributed by atoms with Crippen molar-refractivity contribution in [1.29, 1.82) is 0 Å². The van der Waals surface area contributed by atoms with Gasteiger partial charge in [-0.15, -0.1) is 0 Å². The number of hydrogen-bond acceptors (Lipinski definition) is 4. The minimum absolute atomic E-state index is 0.0601. The van der Waals surface area contributed by atoms with E-state index in [0.717, 1.165) is 24.6 Å². The van der Waals surface area contributed by atoms with E-state index in [2.05, 4.69) is 44.1 Å². The molecule has 0 bridgehead atoms. The molecule has 7 atom stereocenters. The lowest BCUT2D eigenvalue weighted by Crippen LogP contribution is -2.42. The maximum atomic E-state index is 11.5. The maximum absolute atomic E-state index is 11.5. The second-order valence-electron chi connectivity index (χ2n) is 11.7. The van der Waals surface area contributed by atoms with Crippen LogP contribution in [0.25, 0.3) is 0 Å². The third kappa shape index (κ3) is 9.73. The van der Waals surface area contributed by atoms with E-state index in [1.54, 1.807) is 0 Å². The average molecular weight is 530 g/mol. The van der Waals surface area contributed by atoms with E-state index in [4.69, 9.17) is 19.8 Å². The van der Waals surface area contributed by atoms with Gasteiger partial charge in [-0.05, 0) is 81.1 Å². The van der Waals surface area contributed by atoms with Gasteiger partial charge in [0.2, 0.25) is 0 Å². The molecule has 1 aliphatic heterocycles. The normalized spacial score (nSPS) is 34.2. The SMILES string of the molecule is [B]S(C)(CC)C(O)[C@@](C)(CC)[C@@H]1CCCCCC[C@H](CS[C@H]2CNCCCCC[C@H]2S)CCC1. The molecule has 2 nitrogen and oxygen atoms in total. The molecule has 2 unspecified atom stereocenters. The number of aliphatic hydroxyl groups excluding tert-OH is 1. The predicted octanol–water partition coefficient (Wildman–Crippen LogP) is 7.58. The van der Waals surface area contributed by atoms with Gasteiger partial charge in [-0.2, -0.15) is 24.4 Å². The molecular weight excluding hydrogens is 473 g/mol. The summed E-state index contributed by atoms with van der Waals surface area (Å²) in [5.41, 5.74) is -0.421. The van der Waals surface area contributed by atoms with Crippen molar-refractivity contribution in [3.63, 3.8) is 0 Å². The van der Waals surface area contributed by atoms with Gasteiger partial charge in [-0.25, -0.2) is 0 Å². The van der Waals surface area contributed by atoms with Crippen molar-refractivity contribution in [2.75, 3.05) is 30.9 Å². The zero-order chi connectivity index (χ0) is 25.0. The van der Waals surface area contributed by atoms with E-state index in [1.807, 2.05) is 0 Å². The highest BCUT2D eigenvalue weighted by molar-refractivity contribution is 8.49. The molecule has 0 aromatic rings. The van der Waals surface area contributed by atoms with Crippen molar-refractivity contribution in [2.45, 2.75) is 127 Å². The molecule has 34 heavy (non-hydrogen) atoms. The van der Waals surface area contributed by atoms with E-state index in [9.17, 15) is 5.11 Å². The van der Waals surface area contributed by atoms with Gasteiger partial charge >= 0.3 is 0 Å². The summed E-state index contributed by atoms with van der Waals surface area (Å²) in [7, 11) is 5.20. The number of thioether (sulfide) groups is 1. The molecule has 2 fully saturated rings. The Morgan fingerprint density at radius 2 is 1.62 bits per heavy atom. The van der Waals surface area contributed by atoms with Crippen LogP contribution in [0, 0.1) is 17.3 Å². The van der Waals surface area contributed by atoms with Crippen LogP contribution >= 0.6 is 34.3 Å². The van der Waals surface area contributed by atoms with E-state index in [1.165, 1.54) is 95.8 Å². The van der Waals surface area contributed by atoms with Crippen LogP contribution in [0.5, 0.6) is 0 Å². The zero-order valence-corrected chi connectivity index (χ0v) is 25.4. The number of nitrogens with one attached hydrogen (secondary N) is 1. The van der Waals surface area contributed by atoms with Gasteiger partial charge in [0.1, 0.15) is 7.12 Å². The standard InChI is InChI=1S/C28H56BNOS3/c1-5-28(3,27(31)34(4,29)6-2)24-17-11-8-7-10-15-23(16-14-18-24)22-33-26-21-30-20-13-9-12-19-25(26)32/h23-27,30-32H,5-22H2,1-4H3/t23-,24+,25+,26-,27?,28-/m0/s1. The van der Waals surface area contributed by atoms with Crippen molar-refractivity contribution in [2.24, 2.45) is 17.3 Å². The van der Waals surface area contributed by atoms with Crippen LogP contribution in [-0.2, 0) is 0 Å². The first kappa shape index (κ1) is 31.3. The molecule has 1 heterocycles. The first-order valence-corrected chi connectivity index (χ1v) is 18.4. The van der Waals surface area contributed by atoms with Crippen molar-refractivity contribution in [3.05, 3.63) is 0 Å². The van der Waals surface area contributed by atoms with Gasteiger partial charge in [-0.1, -0.05) is 65.7 Å². The Kier molecular flexibility index (Phi) is 14.8. The Morgan fingerprint density at radius 1 is 1.00 bits per heavy atom. The number of rotatable bonds is 8. The minimum atomic E-state index is -1.47. The average Bonchev–Trinajstić information content (AvgIpc) is 2.89. The Hall–Kier alpha value is 1.03. The highest BCUT2D eigenvalue weighted by atomic mass is 32.3. The molecule has 0 aromatic heterocycles. The topological polar surface area (TPSA) is 32.3 Å². The zero-order valence-electron chi connectivity index (χ0n) is 22.9. The lowest BCUT2D eigenvalue weighted by atomic mass is 9.70. The molecule has 200 valence electrons. The summed E-state index contributed by atoms with van der Waals surface area (Å²) in [6.45, 7) is 9.07. The highest BCUT2D eigenvalue weighted by Crippen LogP contribution is 2.55. The van der Waals surface area contributed by atoms with Crippen molar-refractivity contribution in [1.82, 2.24) is 5.32 Å². The third-order valence-corrected chi connectivity index (χ3v) is 14.4. The molecule has 2 rings (SSSR count). The first-order valence-electron chi connectivity index (χ1n) is 14.5. The highest BCUT2D eigenvalue weighted by Gasteiger charge is 2.43. The van der Waals surface area contributed by atoms with Crippen molar-refractivity contribution >= 4 is 41.4 Å². The summed E-state index contributed by atoms with van der Waals surface area (Å²) in [6.07, 6.45) is 20.4. The monoisotopic (exact) mass is 529 g/mol. The summed E-state index contributed by atoms with van der Waals surface area (Å²) in [5, 5.41) is 16.3. The molecule has 1 saturated carbocycles. The minimum Gasteiger partial charge on any atom is -0.384 e. The fraction of sp³-hybridized carbons (Fsp3) is 1.00. The Labute approximate surface area is 225 Å². The van der Waals surface area contributed by atoms with Crippen molar-refractivity contribution < 1.29 is 5.11 Å². The molecular formula is C28H56BNOS3. The summed E-state index contributed by atoms with van der Waals surface area (Å²) >= 11 is 7.22. The largest absolute Gasteiger partial charge is 0.384 e. The van der Waals surface area contributed by atoms with Gasteiger partial charge in [0.15, 0.2) is 0 Å². The molecule has 0 spiro atoms. The smallest absolute Gasteiger partial charge is 0.140 e. The fourth-order valence-electron chi connectivity index (χ4n) is 6.16. The maximum Gasteiger partial charge on any atom is 0.140 e. The fourth-order valence-corrected chi connectivity index (χ4v) is 10.1. The summed E-state index contributed by atoms with van der Waals surface area (Å²) in [4.78, 5) is 0. The van der Waals surface area contributed by atoms with Crippen LogP contribution in [0.2, 0.25) is 0 Å². The van der Waals surface area contributed by atoms with Gasteiger partial charge in [0, 0.05) is 22.5 Å². The second-order valence-corrected chi connectivity index (χ2v) is 17.1. The van der Waals surface area contributed by atoms with E-state index in [0.29, 0.717) is 16.4 Å². The number of hydrogen-bond donors (Lipinski definition) is 3. The lowest BCUT2D eigenvalue weighted by molar-refractivity contribution is 0.0355. The van der Waals surface area contributed by atoms with Crippen LogP contribution in [0.1, 0.15) is 111 Å². The molecule has 2 aliphatic rings. The van der Waals surface area contributed by atoms with Crippen molar-refractivity contribution in [3.8, 4) is 0 Å². The third-order valence-electron chi connectivity index (χ3n) is 9.14. The van der Waals surface area contributed by atoms with Crippen LogP contribution in [0.15, 0.2) is 0 Å². The van der Waals surface area contributed by atoms with Gasteiger partial charge in [0.25, 0.3) is 0 Å². The van der Waals surface area contributed by atoms with E-state index in [-0.39, 0.29) is 10.9 Å². The van der Waals surface area contributed by atoms with Gasteiger partial charge in [0.05, 0.1) is 5.44 Å². The quantitative estimate of drug-likeness (QED) is 0.224. The first-order chi connectivity index (χ1) is 16.2. The van der Waals surface area contributed by atoms with Crippen LogP contribution in [-0.4, -0.2) is 59.0 Å². The van der Waals surface area contributed by atoms with E-state index >= 15 is 0 Å². The Bertz CT molecular complexity index is 552. The molecule has 1 saturated heterocycles. The number of thiol groups is 1. The molecule has 0 amide bonds. The van der Waals surface area contributed by atoms with Crippen LogP contribution < -0.4 is 5.32 Å². The molecule has 2 N–H and O–H groups in total. The summed E-state index contributed by atoms with van der Waals surface area (Å²) < 4.78 is 0. The number of aliphatic hydroxyl groups is 1. The van der Waals surface area contributed by atoms with Gasteiger partial charge in [-0.3, -0.25) is 9.88 Å². The molecule has 1 aliphatic carbocycles. The summed E-state index contributed by atoms with van der Waals surface area (Å²) in [5.74, 6) is 3.61. The van der Waals surface area contributed by atoms with E-state index < -0.39 is 9.88 Å². The summed E-state index contributed by atoms with van der Waals surface area (Å²) in [6, 6.07) is 0. The van der Waals surface area contributed by atoms with Gasteiger partial charge < -0.3 is 10.4 Å². The lowest BCUT2D eigenvalue weighted by Gasteiger charge is -2.50. The molecule has 2 radical (unpaired) electrons.